The molecular weight excluding hydrogens is 448 g/mol. The van der Waals surface area contributed by atoms with Crippen LogP contribution in [0.25, 0.3) is 0 Å². The second kappa shape index (κ2) is 13.2. The number of benzene rings is 2. The SMILES string of the molecule is [2H]C1([2H])CC(c2cc(OC(C)C)c(N)cc2C)CC([2H])([2H])N1.[2H]c1c(C)c(C2CC([2H])([2H])NC([2H])([2H])C2)cc(OC(C)C)c1N. The Balaban J connectivity index is 0.000000246. The number of nitrogens with two attached hydrogens (primary N) is 2. The van der Waals surface area contributed by atoms with Gasteiger partial charge in [0.05, 0.1) is 25.0 Å². The Labute approximate surface area is 231 Å². The van der Waals surface area contributed by atoms with Crippen molar-refractivity contribution in [2.24, 2.45) is 0 Å². The first-order valence-electron chi connectivity index (χ1n) is 17.1. The quantitative estimate of drug-likeness (QED) is 0.378. The van der Waals surface area contributed by atoms with E-state index in [0.29, 0.717) is 22.7 Å². The molecule has 6 N–H and O–H groups in total. The van der Waals surface area contributed by atoms with Crippen molar-refractivity contribution in [1.82, 2.24) is 10.6 Å². The number of hydrogen-bond acceptors (Lipinski definition) is 6. The van der Waals surface area contributed by atoms with Crippen LogP contribution in [0.3, 0.4) is 0 Å². The average Bonchev–Trinajstić information content (AvgIpc) is 2.82. The molecule has 0 aliphatic carbocycles. The average molecular weight is 506 g/mol. The number of nitrogen functional groups attached to an aromatic ring is 2. The molecule has 2 aromatic rings. The van der Waals surface area contributed by atoms with Crippen molar-refractivity contribution < 1.29 is 21.8 Å². The molecule has 200 valence electrons. The maximum Gasteiger partial charge on any atom is 0.142 e. The molecule has 2 aliphatic rings. The Kier molecular flexibility index (Phi) is 6.57. The van der Waals surface area contributed by atoms with E-state index in [1.54, 1.807) is 13.0 Å². The molecule has 0 atom stereocenters. The van der Waals surface area contributed by atoms with Gasteiger partial charge in [-0.15, -0.1) is 0 Å². The summed E-state index contributed by atoms with van der Waals surface area (Å²) in [5.41, 5.74) is 16.0. The predicted molar refractivity (Wildman–Crippen MR) is 152 cm³/mol. The highest BCUT2D eigenvalue weighted by Crippen LogP contribution is 2.35. The Hall–Kier alpha value is -2.44. The molecule has 36 heavy (non-hydrogen) atoms. The molecule has 0 amide bonds. The summed E-state index contributed by atoms with van der Waals surface area (Å²) in [5, 5.41) is 4.81. The predicted octanol–water partition coefficient (Wildman–Crippen LogP) is 5.66. The molecule has 6 nitrogen and oxygen atoms in total. The Morgan fingerprint density at radius 3 is 1.61 bits per heavy atom. The van der Waals surface area contributed by atoms with E-state index in [1.165, 1.54) is 0 Å². The summed E-state index contributed by atoms with van der Waals surface area (Å²) in [7, 11) is 0. The smallest absolute Gasteiger partial charge is 0.142 e. The van der Waals surface area contributed by atoms with E-state index in [-0.39, 0.29) is 61.5 Å². The zero-order chi connectivity index (χ0) is 34.3. The molecule has 0 saturated carbocycles. The highest BCUT2D eigenvalue weighted by molar-refractivity contribution is 5.58. The van der Waals surface area contributed by atoms with E-state index < -0.39 is 26.0 Å². The summed E-state index contributed by atoms with van der Waals surface area (Å²) in [6, 6.07) is 5.57. The van der Waals surface area contributed by atoms with Gasteiger partial charge in [0, 0.05) is 11.0 Å². The number of hydrogen-bond donors (Lipinski definition) is 4. The van der Waals surface area contributed by atoms with Crippen LogP contribution in [0.15, 0.2) is 24.2 Å². The molecule has 0 aromatic heterocycles. The Morgan fingerprint density at radius 2 is 1.17 bits per heavy atom. The van der Waals surface area contributed by atoms with Crippen molar-refractivity contribution in [3.8, 4) is 11.5 Å². The van der Waals surface area contributed by atoms with Gasteiger partial charge in [0.15, 0.2) is 0 Å². The molecule has 2 saturated heterocycles. The maximum absolute atomic E-state index is 8.18. The minimum absolute atomic E-state index is 0.0104. The van der Waals surface area contributed by atoms with E-state index in [2.05, 4.69) is 10.6 Å². The highest BCUT2D eigenvalue weighted by Gasteiger charge is 2.20. The van der Waals surface area contributed by atoms with Crippen molar-refractivity contribution in [1.29, 1.82) is 0 Å². The summed E-state index contributed by atoms with van der Waals surface area (Å²) in [5.74, 6) is 0.419. The fourth-order valence-electron chi connectivity index (χ4n) is 4.37. The Bertz CT molecular complexity index is 1340. The second-order valence-electron chi connectivity index (χ2n) is 9.87. The monoisotopic (exact) mass is 505 g/mol. The minimum Gasteiger partial charge on any atom is -0.489 e. The van der Waals surface area contributed by atoms with Crippen LogP contribution in [0.1, 0.15) is 99.8 Å². The van der Waals surface area contributed by atoms with Gasteiger partial charge in [0.25, 0.3) is 0 Å². The topological polar surface area (TPSA) is 94.6 Å². The van der Waals surface area contributed by atoms with Crippen LogP contribution in [-0.2, 0) is 0 Å². The third kappa shape index (κ3) is 7.78. The maximum atomic E-state index is 8.18. The standard InChI is InChI=1S/2C15H24N2O/c2*1-10(2)18-15-9-13(11(3)8-14(15)16)12-4-6-17-7-5-12/h2*8-10,12,17H,4-7,16H2,1-3H3/i6D2,7D2,8D;6D2,7D2. The molecule has 0 radical (unpaired) electrons. The van der Waals surface area contributed by atoms with Gasteiger partial charge in [0.1, 0.15) is 11.5 Å². The summed E-state index contributed by atoms with van der Waals surface area (Å²) in [4.78, 5) is 0. The zero-order valence-corrected chi connectivity index (χ0v) is 22.3. The first-order valence-corrected chi connectivity index (χ1v) is 12.6. The Morgan fingerprint density at radius 1 is 0.750 bits per heavy atom. The lowest BCUT2D eigenvalue weighted by atomic mass is 9.87. The van der Waals surface area contributed by atoms with Gasteiger partial charge in [-0.05, 0) is 152 Å². The van der Waals surface area contributed by atoms with E-state index in [4.69, 9.17) is 33.3 Å². The van der Waals surface area contributed by atoms with E-state index in [0.717, 1.165) is 16.7 Å². The lowest BCUT2D eigenvalue weighted by Crippen LogP contribution is -2.27. The number of anilines is 2. The molecule has 2 heterocycles. The van der Waals surface area contributed by atoms with Gasteiger partial charge in [0.2, 0.25) is 0 Å². The van der Waals surface area contributed by atoms with Gasteiger partial charge in [-0.3, -0.25) is 0 Å². The molecule has 0 spiro atoms. The zero-order valence-electron chi connectivity index (χ0n) is 31.3. The third-order valence-electron chi connectivity index (χ3n) is 6.06. The number of rotatable bonds is 6. The first kappa shape index (κ1) is 17.9. The number of nitrogens with one attached hydrogen (secondary N) is 2. The lowest BCUT2D eigenvalue weighted by molar-refractivity contribution is 0.243. The van der Waals surface area contributed by atoms with Gasteiger partial charge in [-0.1, -0.05) is 0 Å². The van der Waals surface area contributed by atoms with Crippen LogP contribution in [-0.4, -0.2) is 38.2 Å². The molecule has 4 rings (SSSR count). The molecule has 6 heteroatoms. The summed E-state index contributed by atoms with van der Waals surface area (Å²) in [6.07, 6.45) is 0.605. The normalized spacial score (nSPS) is 26.4. The molecule has 2 fully saturated rings. The van der Waals surface area contributed by atoms with Crippen LogP contribution < -0.4 is 31.6 Å². The van der Waals surface area contributed by atoms with E-state index in [9.17, 15) is 0 Å². The fraction of sp³-hybridized carbons (Fsp3) is 0.600. The molecule has 0 bridgehead atoms. The van der Waals surface area contributed by atoms with Crippen molar-refractivity contribution >= 4 is 11.4 Å². The van der Waals surface area contributed by atoms with Gasteiger partial charge >= 0.3 is 0 Å². The van der Waals surface area contributed by atoms with Crippen molar-refractivity contribution in [2.75, 3.05) is 37.5 Å². The lowest BCUT2D eigenvalue weighted by Gasteiger charge is -2.25. The van der Waals surface area contributed by atoms with Gasteiger partial charge in [-0.2, -0.15) is 0 Å². The van der Waals surface area contributed by atoms with Crippen LogP contribution in [0.5, 0.6) is 11.5 Å². The summed E-state index contributed by atoms with van der Waals surface area (Å²) < 4.78 is 82.8. The van der Waals surface area contributed by atoms with Gasteiger partial charge < -0.3 is 31.6 Å². The van der Waals surface area contributed by atoms with E-state index >= 15 is 0 Å². The van der Waals surface area contributed by atoms with Crippen molar-refractivity contribution in [2.45, 2.75) is 91.3 Å². The first-order chi connectivity index (χ1) is 20.4. The number of ether oxygens (including phenoxy) is 2. The molecule has 2 aliphatic heterocycles. The molecule has 2 aromatic carbocycles. The van der Waals surface area contributed by atoms with Crippen molar-refractivity contribution in [3.63, 3.8) is 0 Å². The number of piperidine rings is 2. The van der Waals surface area contributed by atoms with Gasteiger partial charge in [-0.25, -0.2) is 0 Å². The van der Waals surface area contributed by atoms with Crippen molar-refractivity contribution in [3.05, 3.63) is 46.5 Å². The second-order valence-corrected chi connectivity index (χ2v) is 9.87. The third-order valence-corrected chi connectivity index (χ3v) is 6.06. The number of aryl methyl sites for hydroxylation is 1. The minimum atomic E-state index is -1.80. The summed E-state index contributed by atoms with van der Waals surface area (Å²) >= 11 is 0. The summed E-state index contributed by atoms with van der Waals surface area (Å²) in [6.45, 7) is 4.16. The van der Waals surface area contributed by atoms with Crippen LogP contribution in [0.4, 0.5) is 11.4 Å². The molecule has 0 unspecified atom stereocenters. The van der Waals surface area contributed by atoms with Crippen LogP contribution in [0, 0.1) is 13.8 Å². The highest BCUT2D eigenvalue weighted by atomic mass is 16.5. The van der Waals surface area contributed by atoms with Crippen LogP contribution >= 0.6 is 0 Å². The fourth-order valence-corrected chi connectivity index (χ4v) is 4.37. The van der Waals surface area contributed by atoms with Crippen LogP contribution in [0.2, 0.25) is 0 Å². The largest absolute Gasteiger partial charge is 0.489 e. The molecular formula is C30H48N4O2. The van der Waals surface area contributed by atoms with E-state index in [1.807, 2.05) is 46.8 Å².